The molecule has 1 unspecified atom stereocenters. The summed E-state index contributed by atoms with van der Waals surface area (Å²) in [4.78, 5) is 38.1. The van der Waals surface area contributed by atoms with Crippen LogP contribution in [0.4, 0.5) is 0 Å². The molecule has 0 radical (unpaired) electrons. The average Bonchev–Trinajstić information content (AvgIpc) is 3.30. The lowest BCUT2D eigenvalue weighted by Gasteiger charge is -2.18. The summed E-state index contributed by atoms with van der Waals surface area (Å²) >= 11 is 0. The normalized spacial score (nSPS) is 12.1. The minimum Gasteiger partial charge on any atom is -0.462 e. The molecule has 6 heteroatoms. The van der Waals surface area contributed by atoms with Crippen molar-refractivity contribution in [3.63, 3.8) is 0 Å². The van der Waals surface area contributed by atoms with Crippen LogP contribution in [0.2, 0.25) is 0 Å². The first-order valence-corrected chi connectivity index (χ1v) is 28.9. The molecule has 0 saturated heterocycles. The van der Waals surface area contributed by atoms with E-state index in [1.807, 2.05) is 0 Å². The summed E-state index contributed by atoms with van der Waals surface area (Å²) in [6, 6.07) is 0. The molecule has 0 fully saturated rings. The molecule has 1 atom stereocenters. The SMILES string of the molecule is CCCC/C=C\C=C/CCCCCC(=O)OCC(COC(=O)CCCCCCCCCCCCCCCCCCCCC)OC(=O)CCCCCCCCCCCCCCCCCCC. The van der Waals surface area contributed by atoms with Crippen molar-refractivity contribution in [3.05, 3.63) is 24.3 Å². The number of esters is 3. The van der Waals surface area contributed by atoms with Gasteiger partial charge in [-0.1, -0.05) is 283 Å². The molecule has 6 nitrogen and oxygen atoms in total. The van der Waals surface area contributed by atoms with Gasteiger partial charge in [0.15, 0.2) is 6.10 Å². The fraction of sp³-hybridized carbons (Fsp3) is 0.881. The molecular weight excluding hydrogens is 805 g/mol. The molecule has 0 N–H and O–H groups in total. The Morgan fingerprint density at radius 1 is 0.308 bits per heavy atom. The summed E-state index contributed by atoms with van der Waals surface area (Å²) < 4.78 is 16.8. The van der Waals surface area contributed by atoms with E-state index < -0.39 is 6.10 Å². The zero-order chi connectivity index (χ0) is 47.2. The number of carbonyl (C=O) groups excluding carboxylic acids is 3. The molecule has 0 bridgehead atoms. The minimum absolute atomic E-state index is 0.0742. The number of hydrogen-bond donors (Lipinski definition) is 0. The molecule has 0 saturated carbocycles. The standard InChI is InChI=1S/C59H110O6/c1-4-7-10-13-16-19-22-24-26-28-29-31-32-34-37-40-43-46-49-52-58(61)64-55-56(54-63-57(60)51-48-45-42-39-36-21-18-15-12-9-6-3)65-59(62)53-50-47-44-41-38-35-33-30-27-25-23-20-17-14-11-8-5-2/h15,18,21,36,56H,4-14,16-17,19-20,22-35,37-55H2,1-3H3/b18-15-,36-21-. The number of hydrogen-bond acceptors (Lipinski definition) is 6. The predicted molar refractivity (Wildman–Crippen MR) is 279 cm³/mol. The third kappa shape index (κ3) is 52.7. The van der Waals surface area contributed by atoms with Crippen molar-refractivity contribution in [1.29, 1.82) is 0 Å². The van der Waals surface area contributed by atoms with Crippen molar-refractivity contribution < 1.29 is 28.6 Å². The van der Waals surface area contributed by atoms with Gasteiger partial charge in [0.2, 0.25) is 0 Å². The summed E-state index contributed by atoms with van der Waals surface area (Å²) in [5.41, 5.74) is 0. The first kappa shape index (κ1) is 62.9. The molecule has 0 aliphatic carbocycles. The number of rotatable bonds is 53. The maximum Gasteiger partial charge on any atom is 0.306 e. The van der Waals surface area contributed by atoms with E-state index in [1.54, 1.807) is 0 Å². The second kappa shape index (κ2) is 54.5. The zero-order valence-electron chi connectivity index (χ0n) is 43.8. The van der Waals surface area contributed by atoms with E-state index in [2.05, 4.69) is 45.1 Å². The Hall–Kier alpha value is -2.11. The van der Waals surface area contributed by atoms with E-state index in [0.717, 1.165) is 70.6 Å². The Kier molecular flexibility index (Phi) is 52.7. The van der Waals surface area contributed by atoms with Crippen LogP contribution in [0.25, 0.3) is 0 Å². The van der Waals surface area contributed by atoms with Gasteiger partial charge in [0.1, 0.15) is 13.2 Å². The molecule has 0 aliphatic heterocycles. The van der Waals surface area contributed by atoms with Gasteiger partial charge < -0.3 is 14.2 Å². The average molecular weight is 916 g/mol. The molecule has 0 aliphatic rings. The third-order valence-electron chi connectivity index (χ3n) is 13.0. The Labute approximate surface area is 404 Å². The highest BCUT2D eigenvalue weighted by Gasteiger charge is 2.19. The van der Waals surface area contributed by atoms with Crippen LogP contribution < -0.4 is 0 Å². The van der Waals surface area contributed by atoms with Crippen LogP contribution in [0.1, 0.15) is 316 Å². The van der Waals surface area contributed by atoms with Crippen LogP contribution in [0.15, 0.2) is 24.3 Å². The lowest BCUT2D eigenvalue weighted by molar-refractivity contribution is -0.167. The van der Waals surface area contributed by atoms with Crippen LogP contribution in [-0.4, -0.2) is 37.2 Å². The number of allylic oxidation sites excluding steroid dienone is 4. The molecule has 0 heterocycles. The fourth-order valence-corrected chi connectivity index (χ4v) is 8.60. The van der Waals surface area contributed by atoms with E-state index in [0.29, 0.717) is 19.3 Å². The topological polar surface area (TPSA) is 78.9 Å². The van der Waals surface area contributed by atoms with E-state index in [9.17, 15) is 14.4 Å². The predicted octanol–water partition coefficient (Wildman–Crippen LogP) is 19.1. The van der Waals surface area contributed by atoms with Crippen LogP contribution in [0, 0.1) is 0 Å². The molecule has 0 aromatic rings. The van der Waals surface area contributed by atoms with Crippen molar-refractivity contribution in [1.82, 2.24) is 0 Å². The largest absolute Gasteiger partial charge is 0.462 e. The smallest absolute Gasteiger partial charge is 0.306 e. The van der Waals surface area contributed by atoms with E-state index in [-0.39, 0.29) is 31.1 Å². The molecule has 0 amide bonds. The summed E-state index contributed by atoms with van der Waals surface area (Å²) in [5.74, 6) is -0.882. The van der Waals surface area contributed by atoms with E-state index in [1.165, 1.54) is 205 Å². The van der Waals surface area contributed by atoms with Gasteiger partial charge in [-0.15, -0.1) is 0 Å². The molecule has 0 aromatic heterocycles. The number of carbonyl (C=O) groups is 3. The lowest BCUT2D eigenvalue weighted by Crippen LogP contribution is -2.30. The maximum atomic E-state index is 12.8. The first-order valence-electron chi connectivity index (χ1n) is 28.9. The summed E-state index contributed by atoms with van der Waals surface area (Å²) in [6.07, 6.45) is 63.2. The highest BCUT2D eigenvalue weighted by molar-refractivity contribution is 5.71. The highest BCUT2D eigenvalue weighted by atomic mass is 16.6. The minimum atomic E-state index is -0.776. The fourth-order valence-electron chi connectivity index (χ4n) is 8.60. The van der Waals surface area contributed by atoms with Crippen molar-refractivity contribution in [2.45, 2.75) is 322 Å². The van der Waals surface area contributed by atoms with Gasteiger partial charge in [-0.2, -0.15) is 0 Å². The summed E-state index contributed by atoms with van der Waals surface area (Å²) in [5, 5.41) is 0. The highest BCUT2D eigenvalue weighted by Crippen LogP contribution is 2.17. The van der Waals surface area contributed by atoms with Gasteiger partial charge >= 0.3 is 17.9 Å². The van der Waals surface area contributed by atoms with Gasteiger partial charge in [0.05, 0.1) is 0 Å². The second-order valence-corrected chi connectivity index (χ2v) is 19.6. The van der Waals surface area contributed by atoms with Crippen LogP contribution in [-0.2, 0) is 28.6 Å². The molecule has 0 rings (SSSR count). The second-order valence-electron chi connectivity index (χ2n) is 19.6. The van der Waals surface area contributed by atoms with Gasteiger partial charge in [-0.3, -0.25) is 14.4 Å². The van der Waals surface area contributed by atoms with Gasteiger partial charge in [-0.25, -0.2) is 0 Å². The van der Waals surface area contributed by atoms with Crippen LogP contribution >= 0.6 is 0 Å². The van der Waals surface area contributed by atoms with Crippen molar-refractivity contribution in [3.8, 4) is 0 Å². The Morgan fingerprint density at radius 2 is 0.554 bits per heavy atom. The van der Waals surface area contributed by atoms with E-state index >= 15 is 0 Å². The summed E-state index contributed by atoms with van der Waals surface area (Å²) in [6.45, 7) is 6.62. The maximum absolute atomic E-state index is 12.8. The molecule has 0 aromatic carbocycles. The van der Waals surface area contributed by atoms with E-state index in [4.69, 9.17) is 14.2 Å². The molecule has 382 valence electrons. The number of unbranched alkanes of at least 4 members (excludes halogenated alkanes) is 39. The number of ether oxygens (including phenoxy) is 3. The van der Waals surface area contributed by atoms with Gasteiger partial charge in [-0.05, 0) is 38.5 Å². The molecular formula is C59H110O6. The first-order chi connectivity index (χ1) is 32.0. The Bertz CT molecular complexity index is 1050. The Balaban J connectivity index is 4.28. The third-order valence-corrected chi connectivity index (χ3v) is 13.0. The van der Waals surface area contributed by atoms with Gasteiger partial charge in [0.25, 0.3) is 0 Å². The monoisotopic (exact) mass is 915 g/mol. The Morgan fingerprint density at radius 3 is 0.862 bits per heavy atom. The van der Waals surface area contributed by atoms with Crippen LogP contribution in [0.3, 0.4) is 0 Å². The van der Waals surface area contributed by atoms with Crippen molar-refractivity contribution >= 4 is 17.9 Å². The summed E-state index contributed by atoms with van der Waals surface area (Å²) in [7, 11) is 0. The van der Waals surface area contributed by atoms with Crippen LogP contribution in [0.5, 0.6) is 0 Å². The van der Waals surface area contributed by atoms with Gasteiger partial charge in [0, 0.05) is 19.3 Å². The molecule has 65 heavy (non-hydrogen) atoms. The van der Waals surface area contributed by atoms with Crippen molar-refractivity contribution in [2.24, 2.45) is 0 Å². The zero-order valence-corrected chi connectivity index (χ0v) is 43.8. The molecule has 0 spiro atoms. The van der Waals surface area contributed by atoms with Crippen molar-refractivity contribution in [2.75, 3.05) is 13.2 Å². The lowest BCUT2D eigenvalue weighted by atomic mass is 10.0. The quantitative estimate of drug-likeness (QED) is 0.0262.